The van der Waals surface area contributed by atoms with Gasteiger partial charge in [-0.2, -0.15) is 0 Å². The third-order valence-electron chi connectivity index (χ3n) is 2.89. The van der Waals surface area contributed by atoms with Crippen molar-refractivity contribution in [2.75, 3.05) is 37.4 Å². The molecule has 0 spiro atoms. The highest BCUT2D eigenvalue weighted by molar-refractivity contribution is 9.10. The van der Waals surface area contributed by atoms with Crippen LogP contribution in [0.4, 0.5) is 5.69 Å². The Morgan fingerprint density at radius 2 is 2.14 bits per heavy atom. The van der Waals surface area contributed by atoms with Crippen molar-refractivity contribution in [3.05, 3.63) is 28.7 Å². The number of amides is 1. The molecule has 8 heteroatoms. The Labute approximate surface area is 140 Å². The number of nitrogens with one attached hydrogen (secondary N) is 1. The Morgan fingerprint density at radius 1 is 1.41 bits per heavy atom. The van der Waals surface area contributed by atoms with Crippen LogP contribution in [0.5, 0.6) is 0 Å². The molecule has 0 aliphatic carbocycles. The van der Waals surface area contributed by atoms with Gasteiger partial charge in [-0.15, -0.1) is 0 Å². The molecule has 124 valence electrons. The second kappa shape index (κ2) is 9.12. The molecule has 22 heavy (non-hydrogen) atoms. The van der Waals surface area contributed by atoms with E-state index in [-0.39, 0.29) is 18.9 Å². The van der Waals surface area contributed by atoms with Gasteiger partial charge in [-0.25, -0.2) is 8.42 Å². The smallest absolute Gasteiger partial charge is 0.232 e. The van der Waals surface area contributed by atoms with Crippen molar-refractivity contribution in [3.63, 3.8) is 0 Å². The lowest BCUT2D eigenvalue weighted by molar-refractivity contribution is -0.120. The summed E-state index contributed by atoms with van der Waals surface area (Å²) in [7, 11) is -1.85. The van der Waals surface area contributed by atoms with Crippen molar-refractivity contribution in [1.82, 2.24) is 5.32 Å². The average molecular weight is 393 g/mol. The highest BCUT2D eigenvalue weighted by Gasteiger charge is 2.18. The van der Waals surface area contributed by atoms with Crippen LogP contribution >= 0.6 is 15.9 Å². The maximum Gasteiger partial charge on any atom is 0.232 e. The SMILES string of the molecule is COCCCNC(=O)CCN(c1cccc(Br)c1)S(C)(=O)=O. The minimum Gasteiger partial charge on any atom is -0.385 e. The van der Waals surface area contributed by atoms with Crippen molar-refractivity contribution in [1.29, 1.82) is 0 Å². The maximum absolute atomic E-state index is 11.9. The van der Waals surface area contributed by atoms with Crippen LogP contribution in [0, 0.1) is 0 Å². The average Bonchev–Trinajstić information content (AvgIpc) is 2.42. The largest absolute Gasteiger partial charge is 0.385 e. The highest BCUT2D eigenvalue weighted by atomic mass is 79.9. The number of benzene rings is 1. The van der Waals surface area contributed by atoms with Crippen LogP contribution in [0.1, 0.15) is 12.8 Å². The van der Waals surface area contributed by atoms with Gasteiger partial charge in [0.2, 0.25) is 15.9 Å². The lowest BCUT2D eigenvalue weighted by atomic mass is 10.3. The van der Waals surface area contributed by atoms with E-state index in [1.165, 1.54) is 4.31 Å². The van der Waals surface area contributed by atoms with Crippen LogP contribution in [0.25, 0.3) is 0 Å². The molecule has 1 aromatic rings. The van der Waals surface area contributed by atoms with Crippen LogP contribution in [-0.2, 0) is 19.6 Å². The molecule has 1 amide bonds. The number of halogens is 1. The Balaban J connectivity index is 2.63. The number of hydrogen-bond donors (Lipinski definition) is 1. The van der Waals surface area contributed by atoms with Crippen molar-refractivity contribution in [3.8, 4) is 0 Å². The van der Waals surface area contributed by atoms with Crippen molar-refractivity contribution in [2.24, 2.45) is 0 Å². The summed E-state index contributed by atoms with van der Waals surface area (Å²) in [5.41, 5.74) is 0.532. The Kier molecular flexibility index (Phi) is 7.84. The molecule has 0 heterocycles. The number of hydrogen-bond acceptors (Lipinski definition) is 4. The molecular weight excluding hydrogens is 372 g/mol. The minimum atomic E-state index is -3.45. The van der Waals surface area contributed by atoms with Gasteiger partial charge in [0.15, 0.2) is 0 Å². The Bertz CT molecular complexity index is 592. The van der Waals surface area contributed by atoms with E-state index in [0.717, 1.165) is 17.1 Å². The zero-order valence-electron chi connectivity index (χ0n) is 12.7. The summed E-state index contributed by atoms with van der Waals surface area (Å²) in [5, 5.41) is 2.74. The molecule has 1 N–H and O–H groups in total. The lowest BCUT2D eigenvalue weighted by Crippen LogP contribution is -2.35. The predicted octanol–water partition coefficient (Wildman–Crippen LogP) is 1.76. The van der Waals surface area contributed by atoms with Gasteiger partial charge < -0.3 is 10.1 Å². The molecule has 0 unspecified atom stereocenters. The monoisotopic (exact) mass is 392 g/mol. The fourth-order valence-electron chi connectivity index (χ4n) is 1.85. The summed E-state index contributed by atoms with van der Waals surface area (Å²) in [6.45, 7) is 1.20. The summed E-state index contributed by atoms with van der Waals surface area (Å²) in [4.78, 5) is 11.8. The fraction of sp³-hybridized carbons (Fsp3) is 0.500. The van der Waals surface area contributed by atoms with E-state index in [4.69, 9.17) is 4.74 Å². The third-order valence-corrected chi connectivity index (χ3v) is 4.57. The number of sulfonamides is 1. The van der Waals surface area contributed by atoms with Crippen LogP contribution in [-0.4, -0.2) is 47.4 Å². The number of carbonyl (C=O) groups excluding carboxylic acids is 1. The molecule has 1 aromatic carbocycles. The van der Waals surface area contributed by atoms with E-state index < -0.39 is 10.0 Å². The summed E-state index contributed by atoms with van der Waals surface area (Å²) >= 11 is 3.31. The highest BCUT2D eigenvalue weighted by Crippen LogP contribution is 2.22. The molecule has 0 aliphatic heterocycles. The van der Waals surface area contributed by atoms with E-state index in [1.807, 2.05) is 6.07 Å². The molecule has 0 aromatic heterocycles. The molecule has 0 aliphatic rings. The van der Waals surface area contributed by atoms with E-state index in [1.54, 1.807) is 25.3 Å². The first-order chi connectivity index (χ1) is 10.3. The minimum absolute atomic E-state index is 0.103. The lowest BCUT2D eigenvalue weighted by Gasteiger charge is -2.22. The van der Waals surface area contributed by atoms with Crippen molar-refractivity contribution in [2.45, 2.75) is 12.8 Å². The van der Waals surface area contributed by atoms with Crippen LogP contribution in [0.3, 0.4) is 0 Å². The Morgan fingerprint density at radius 3 is 2.73 bits per heavy atom. The number of ether oxygens (including phenoxy) is 1. The second-order valence-electron chi connectivity index (χ2n) is 4.76. The van der Waals surface area contributed by atoms with Gasteiger partial charge in [0, 0.05) is 37.7 Å². The summed E-state index contributed by atoms with van der Waals surface area (Å²) in [5.74, 6) is -0.181. The standard InChI is InChI=1S/C14H21BrN2O4S/c1-21-10-4-8-16-14(18)7-9-17(22(2,19)20)13-6-3-5-12(15)11-13/h3,5-6,11H,4,7-10H2,1-2H3,(H,16,18). The van der Waals surface area contributed by atoms with E-state index in [0.29, 0.717) is 18.8 Å². The maximum atomic E-state index is 11.9. The molecule has 0 fully saturated rings. The quantitative estimate of drug-likeness (QED) is 0.649. The number of carbonyl (C=O) groups is 1. The molecular formula is C14H21BrN2O4S. The molecule has 0 radical (unpaired) electrons. The van der Waals surface area contributed by atoms with Gasteiger partial charge in [0.1, 0.15) is 0 Å². The molecule has 0 saturated heterocycles. The van der Waals surface area contributed by atoms with E-state index in [9.17, 15) is 13.2 Å². The third kappa shape index (κ3) is 6.76. The van der Waals surface area contributed by atoms with Gasteiger partial charge in [-0.05, 0) is 24.6 Å². The van der Waals surface area contributed by atoms with E-state index >= 15 is 0 Å². The van der Waals surface area contributed by atoms with Gasteiger partial charge in [0.05, 0.1) is 11.9 Å². The molecule has 1 rings (SSSR count). The number of rotatable bonds is 9. The number of nitrogens with zero attached hydrogens (tertiary/aromatic N) is 1. The Hall–Kier alpha value is -1.12. The van der Waals surface area contributed by atoms with Gasteiger partial charge in [-0.3, -0.25) is 9.10 Å². The first-order valence-corrected chi connectivity index (χ1v) is 9.47. The zero-order valence-corrected chi connectivity index (χ0v) is 15.1. The summed E-state index contributed by atoms with van der Waals surface area (Å²) in [6.07, 6.45) is 1.96. The van der Waals surface area contributed by atoms with Crippen molar-refractivity contribution >= 4 is 37.5 Å². The van der Waals surface area contributed by atoms with Gasteiger partial charge in [0.25, 0.3) is 0 Å². The zero-order chi connectivity index (χ0) is 16.6. The first-order valence-electron chi connectivity index (χ1n) is 6.83. The predicted molar refractivity (Wildman–Crippen MR) is 90.5 cm³/mol. The molecule has 6 nitrogen and oxygen atoms in total. The van der Waals surface area contributed by atoms with E-state index in [2.05, 4.69) is 21.2 Å². The molecule has 0 bridgehead atoms. The first kappa shape index (κ1) is 18.9. The van der Waals surface area contributed by atoms with Crippen molar-refractivity contribution < 1.29 is 17.9 Å². The molecule has 0 saturated carbocycles. The normalized spacial score (nSPS) is 11.2. The molecule has 0 atom stereocenters. The summed E-state index contributed by atoms with van der Waals surface area (Å²) in [6, 6.07) is 6.97. The summed E-state index contributed by atoms with van der Waals surface area (Å²) < 4.78 is 30.7. The number of methoxy groups -OCH3 is 1. The van der Waals surface area contributed by atoms with Crippen LogP contribution < -0.4 is 9.62 Å². The second-order valence-corrected chi connectivity index (χ2v) is 7.58. The van der Waals surface area contributed by atoms with Gasteiger partial charge in [-0.1, -0.05) is 22.0 Å². The fourth-order valence-corrected chi connectivity index (χ4v) is 3.16. The topological polar surface area (TPSA) is 75.7 Å². The van der Waals surface area contributed by atoms with Gasteiger partial charge >= 0.3 is 0 Å². The van der Waals surface area contributed by atoms with Crippen LogP contribution in [0.2, 0.25) is 0 Å². The number of anilines is 1. The van der Waals surface area contributed by atoms with Crippen LogP contribution in [0.15, 0.2) is 28.7 Å².